The fourth-order valence-electron chi connectivity index (χ4n) is 1.77. The number of hydrogen-bond donors (Lipinski definition) is 2. The predicted molar refractivity (Wildman–Crippen MR) is 68.7 cm³/mol. The van der Waals surface area contributed by atoms with Crippen molar-refractivity contribution < 1.29 is 5.11 Å². The van der Waals surface area contributed by atoms with Crippen molar-refractivity contribution in [3.63, 3.8) is 0 Å². The highest BCUT2D eigenvalue weighted by Gasteiger charge is 2.44. The Kier molecular flexibility index (Phi) is 5.56. The van der Waals surface area contributed by atoms with Gasteiger partial charge in [-0.1, -0.05) is 42.3 Å². The molecule has 0 spiro atoms. The number of rotatable bonds is 2. The molecule has 2 unspecified atom stereocenters. The summed E-state index contributed by atoms with van der Waals surface area (Å²) in [6.45, 7) is 3.20. The Balaban J connectivity index is 0.000000160. The molecular formula is C12H17Cl2NO. The molecule has 0 saturated heterocycles. The molecule has 1 aromatic carbocycles. The van der Waals surface area contributed by atoms with E-state index in [9.17, 15) is 0 Å². The van der Waals surface area contributed by atoms with Crippen molar-refractivity contribution in [3.05, 3.63) is 34.3 Å². The monoisotopic (exact) mass is 261 g/mol. The molecule has 90 valence electrons. The molecule has 2 nitrogen and oxygen atoms in total. The number of halogens is 2. The van der Waals surface area contributed by atoms with Crippen LogP contribution in [0, 0.1) is 17.8 Å². The Bertz CT molecular complexity index is 302. The van der Waals surface area contributed by atoms with Crippen LogP contribution in [0.15, 0.2) is 24.3 Å². The van der Waals surface area contributed by atoms with E-state index in [1.165, 1.54) is 0 Å². The lowest BCUT2D eigenvalue weighted by molar-refractivity contribution is 0.265. The summed E-state index contributed by atoms with van der Waals surface area (Å²) in [5.74, 6) is 1.80. The van der Waals surface area contributed by atoms with Gasteiger partial charge in [0, 0.05) is 6.61 Å². The van der Waals surface area contributed by atoms with Gasteiger partial charge in [-0.25, -0.2) is 0 Å². The fraction of sp³-hybridized carbons (Fsp3) is 0.500. The maximum Gasteiger partial charge on any atom is 0.0592 e. The van der Waals surface area contributed by atoms with Gasteiger partial charge in [-0.3, -0.25) is 0 Å². The summed E-state index contributed by atoms with van der Waals surface area (Å²) in [5, 5.41) is 9.83. The molecule has 0 aromatic heterocycles. The zero-order valence-corrected chi connectivity index (χ0v) is 10.7. The molecule has 1 aromatic rings. The highest BCUT2D eigenvalue weighted by molar-refractivity contribution is 6.41. The van der Waals surface area contributed by atoms with Crippen molar-refractivity contribution in [1.82, 2.24) is 0 Å². The number of aliphatic hydroxyl groups is 1. The molecule has 0 heterocycles. The Morgan fingerprint density at radius 3 is 1.88 bits per heavy atom. The van der Waals surface area contributed by atoms with Gasteiger partial charge in [0.1, 0.15) is 0 Å². The van der Waals surface area contributed by atoms with Gasteiger partial charge in [-0.2, -0.15) is 0 Å². The van der Waals surface area contributed by atoms with Crippen LogP contribution in [0.2, 0.25) is 10.0 Å². The minimum Gasteiger partial charge on any atom is -0.396 e. The zero-order chi connectivity index (χ0) is 12.1. The van der Waals surface area contributed by atoms with Crippen LogP contribution < -0.4 is 5.73 Å². The fourth-order valence-corrected chi connectivity index (χ4v) is 2.04. The van der Waals surface area contributed by atoms with Crippen molar-refractivity contribution >= 4 is 23.2 Å². The van der Waals surface area contributed by atoms with E-state index in [1.807, 2.05) is 12.1 Å². The van der Waals surface area contributed by atoms with Gasteiger partial charge < -0.3 is 10.8 Å². The summed E-state index contributed by atoms with van der Waals surface area (Å²) in [6, 6.07) is 7.19. The predicted octanol–water partition coefficient (Wildman–Crippen LogP) is 2.81. The van der Waals surface area contributed by atoms with Gasteiger partial charge in [-0.15, -0.1) is 0 Å². The summed E-state index contributed by atoms with van der Waals surface area (Å²) in [7, 11) is 0. The molecule has 3 atom stereocenters. The highest BCUT2D eigenvalue weighted by Crippen LogP contribution is 2.44. The van der Waals surface area contributed by atoms with Crippen molar-refractivity contribution in [1.29, 1.82) is 0 Å². The first-order valence-corrected chi connectivity index (χ1v) is 6.08. The molecular weight excluding hydrogens is 245 g/mol. The molecule has 1 aliphatic rings. The SMILES string of the molecule is C[C@H]1C(CN)C1CO.Clc1ccccc1Cl. The van der Waals surface area contributed by atoms with Gasteiger partial charge in [-0.05, 0) is 36.4 Å². The summed E-state index contributed by atoms with van der Waals surface area (Å²) in [6.07, 6.45) is 0. The van der Waals surface area contributed by atoms with Gasteiger partial charge in [0.05, 0.1) is 10.0 Å². The van der Waals surface area contributed by atoms with Crippen LogP contribution in [-0.4, -0.2) is 18.3 Å². The second-order valence-electron chi connectivity index (χ2n) is 4.02. The third-order valence-electron chi connectivity index (χ3n) is 3.07. The number of hydrogen-bond acceptors (Lipinski definition) is 2. The van der Waals surface area contributed by atoms with Crippen LogP contribution >= 0.6 is 23.2 Å². The van der Waals surface area contributed by atoms with Crippen molar-refractivity contribution in [2.45, 2.75) is 6.92 Å². The van der Waals surface area contributed by atoms with E-state index < -0.39 is 0 Å². The van der Waals surface area contributed by atoms with E-state index in [2.05, 4.69) is 6.92 Å². The molecule has 1 fully saturated rings. The maximum atomic E-state index is 8.62. The Hall–Kier alpha value is -0.280. The van der Waals surface area contributed by atoms with Crippen LogP contribution in [0.3, 0.4) is 0 Å². The molecule has 4 heteroatoms. The first kappa shape index (κ1) is 13.8. The van der Waals surface area contributed by atoms with Crippen molar-refractivity contribution in [2.24, 2.45) is 23.5 Å². The normalized spacial score (nSPS) is 26.9. The summed E-state index contributed by atoms with van der Waals surface area (Å²) < 4.78 is 0. The van der Waals surface area contributed by atoms with Gasteiger partial charge in [0.25, 0.3) is 0 Å². The second-order valence-corrected chi connectivity index (χ2v) is 4.83. The quantitative estimate of drug-likeness (QED) is 0.860. The average molecular weight is 262 g/mol. The molecule has 1 aliphatic carbocycles. The Labute approximate surface area is 106 Å². The molecule has 0 aliphatic heterocycles. The highest BCUT2D eigenvalue weighted by atomic mass is 35.5. The zero-order valence-electron chi connectivity index (χ0n) is 9.24. The van der Waals surface area contributed by atoms with Crippen LogP contribution in [0.25, 0.3) is 0 Å². The van der Waals surface area contributed by atoms with E-state index in [4.69, 9.17) is 34.0 Å². The topological polar surface area (TPSA) is 46.2 Å². The number of aliphatic hydroxyl groups excluding tert-OH is 1. The van der Waals surface area contributed by atoms with Crippen molar-refractivity contribution in [3.8, 4) is 0 Å². The minimum absolute atomic E-state index is 0.322. The van der Waals surface area contributed by atoms with Crippen LogP contribution in [-0.2, 0) is 0 Å². The summed E-state index contributed by atoms with van der Waals surface area (Å²) in [4.78, 5) is 0. The first-order chi connectivity index (χ1) is 7.61. The summed E-state index contributed by atoms with van der Waals surface area (Å²) in [5.41, 5.74) is 5.38. The van der Waals surface area contributed by atoms with E-state index in [-0.39, 0.29) is 0 Å². The Morgan fingerprint density at radius 2 is 1.69 bits per heavy atom. The number of nitrogens with two attached hydrogens (primary N) is 1. The van der Waals surface area contributed by atoms with Crippen LogP contribution in [0.4, 0.5) is 0 Å². The third-order valence-corrected chi connectivity index (χ3v) is 3.82. The van der Waals surface area contributed by atoms with Crippen LogP contribution in [0.1, 0.15) is 6.92 Å². The average Bonchev–Trinajstić information content (AvgIpc) is 2.93. The molecule has 0 bridgehead atoms. The van der Waals surface area contributed by atoms with Crippen LogP contribution in [0.5, 0.6) is 0 Å². The first-order valence-electron chi connectivity index (χ1n) is 5.32. The molecule has 0 amide bonds. The van der Waals surface area contributed by atoms with Gasteiger partial charge in [0.15, 0.2) is 0 Å². The summed E-state index contributed by atoms with van der Waals surface area (Å²) >= 11 is 11.2. The smallest absolute Gasteiger partial charge is 0.0592 e. The standard InChI is InChI=1S/C6H4Cl2.C6H13NO/c7-5-3-1-2-4-6(5)8;1-4-5(2-7)6(4)3-8/h1-4H;4-6,8H,2-3,7H2,1H3/t;4-,5?,6?/m.0/s1. The molecule has 2 rings (SSSR count). The molecule has 0 radical (unpaired) electrons. The lowest BCUT2D eigenvalue weighted by Gasteiger charge is -1.88. The van der Waals surface area contributed by atoms with E-state index in [1.54, 1.807) is 12.1 Å². The van der Waals surface area contributed by atoms with Gasteiger partial charge in [0.2, 0.25) is 0 Å². The number of benzene rings is 1. The lowest BCUT2D eigenvalue weighted by atomic mass is 10.3. The molecule has 16 heavy (non-hydrogen) atoms. The lowest BCUT2D eigenvalue weighted by Crippen LogP contribution is -2.03. The van der Waals surface area contributed by atoms with E-state index >= 15 is 0 Å². The maximum absolute atomic E-state index is 8.62. The third kappa shape index (κ3) is 3.63. The van der Waals surface area contributed by atoms with E-state index in [0.717, 1.165) is 6.54 Å². The Morgan fingerprint density at radius 1 is 1.19 bits per heavy atom. The largest absolute Gasteiger partial charge is 0.396 e. The van der Waals surface area contributed by atoms with Gasteiger partial charge >= 0.3 is 0 Å². The minimum atomic E-state index is 0.322. The van der Waals surface area contributed by atoms with E-state index in [0.29, 0.717) is 34.4 Å². The molecule has 1 saturated carbocycles. The molecule has 3 N–H and O–H groups in total. The second kappa shape index (κ2) is 6.45. The van der Waals surface area contributed by atoms with Crippen molar-refractivity contribution in [2.75, 3.05) is 13.2 Å².